The first kappa shape index (κ1) is 19.3. The molecule has 27 heavy (non-hydrogen) atoms. The van der Waals surface area contributed by atoms with Crippen molar-refractivity contribution in [2.45, 2.75) is 0 Å². The number of halogens is 2. The molecule has 0 aliphatic rings. The van der Waals surface area contributed by atoms with Crippen LogP contribution < -0.4 is 10.9 Å². The van der Waals surface area contributed by atoms with E-state index in [1.165, 1.54) is 11.3 Å². The molecule has 1 aromatic heterocycles. The maximum Gasteiger partial charge on any atom is 0.350 e. The number of hydrogen-bond acceptors (Lipinski definition) is 5. The van der Waals surface area contributed by atoms with Crippen LogP contribution in [-0.4, -0.2) is 24.4 Å². The van der Waals surface area contributed by atoms with Crippen LogP contribution in [0.5, 0.6) is 0 Å². The monoisotopic (exact) mass is 466 g/mol. The smallest absolute Gasteiger partial charge is 0.350 e. The number of amides is 2. The van der Waals surface area contributed by atoms with Gasteiger partial charge in [-0.25, -0.2) is 4.79 Å². The van der Waals surface area contributed by atoms with Gasteiger partial charge in [-0.2, -0.15) is 0 Å². The Morgan fingerprint density at radius 3 is 2.44 bits per heavy atom. The Hall–Kier alpha value is -2.42. The third kappa shape index (κ3) is 4.65. The Kier molecular flexibility index (Phi) is 6.10. The SMILES string of the molecule is O=C(COC(=O)c1sc2ccccc2c1Cl)NNC(=O)c1ccc(Br)cc1. The Morgan fingerprint density at radius 2 is 1.74 bits per heavy atom. The van der Waals surface area contributed by atoms with Gasteiger partial charge in [0.05, 0.1) is 5.02 Å². The molecule has 138 valence electrons. The summed E-state index contributed by atoms with van der Waals surface area (Å²) in [4.78, 5) is 36.1. The fourth-order valence-electron chi connectivity index (χ4n) is 2.18. The molecule has 2 amide bonds. The second kappa shape index (κ2) is 8.51. The summed E-state index contributed by atoms with van der Waals surface area (Å²) in [6.45, 7) is -0.552. The maximum atomic E-state index is 12.2. The molecule has 0 saturated carbocycles. The lowest BCUT2D eigenvalue weighted by Gasteiger charge is -2.08. The molecule has 1 heterocycles. The second-order valence-electron chi connectivity index (χ2n) is 5.33. The lowest BCUT2D eigenvalue weighted by atomic mass is 10.2. The highest BCUT2D eigenvalue weighted by molar-refractivity contribution is 9.10. The summed E-state index contributed by atoms with van der Waals surface area (Å²) in [5, 5.41) is 1.05. The summed E-state index contributed by atoms with van der Waals surface area (Å²) in [6, 6.07) is 13.9. The molecule has 9 heteroatoms. The van der Waals surface area contributed by atoms with E-state index >= 15 is 0 Å². The largest absolute Gasteiger partial charge is 0.451 e. The van der Waals surface area contributed by atoms with E-state index in [1.54, 1.807) is 30.3 Å². The van der Waals surface area contributed by atoms with Crippen molar-refractivity contribution in [1.82, 2.24) is 10.9 Å². The van der Waals surface area contributed by atoms with Crippen molar-refractivity contribution in [2.24, 2.45) is 0 Å². The van der Waals surface area contributed by atoms with Crippen LogP contribution in [0, 0.1) is 0 Å². The third-order valence-electron chi connectivity index (χ3n) is 3.48. The van der Waals surface area contributed by atoms with E-state index in [1.807, 2.05) is 18.2 Å². The van der Waals surface area contributed by atoms with Gasteiger partial charge in [0, 0.05) is 20.1 Å². The number of hydrazine groups is 1. The van der Waals surface area contributed by atoms with E-state index in [2.05, 4.69) is 26.8 Å². The van der Waals surface area contributed by atoms with Crippen molar-refractivity contribution >= 4 is 66.7 Å². The summed E-state index contributed by atoms with van der Waals surface area (Å²) < 4.78 is 6.65. The highest BCUT2D eigenvalue weighted by Crippen LogP contribution is 2.35. The Bertz CT molecular complexity index is 1020. The predicted molar refractivity (Wildman–Crippen MR) is 107 cm³/mol. The standard InChI is InChI=1S/C18H12BrClN2O4S/c19-11-7-5-10(6-8-11)17(24)22-21-14(23)9-26-18(25)16-15(20)12-3-1-2-4-13(12)27-16/h1-8H,9H2,(H,21,23)(H,22,24). The van der Waals surface area contributed by atoms with Crippen molar-refractivity contribution in [3.63, 3.8) is 0 Å². The molecular formula is C18H12BrClN2O4S. The quantitative estimate of drug-likeness (QED) is 0.450. The van der Waals surface area contributed by atoms with Gasteiger partial charge in [-0.3, -0.25) is 20.4 Å². The lowest BCUT2D eigenvalue weighted by molar-refractivity contribution is -0.125. The summed E-state index contributed by atoms with van der Waals surface area (Å²) >= 11 is 10.7. The molecular weight excluding hydrogens is 456 g/mol. The van der Waals surface area contributed by atoms with Crippen LogP contribution >= 0.6 is 38.9 Å². The number of nitrogens with one attached hydrogen (secondary N) is 2. The van der Waals surface area contributed by atoms with E-state index in [-0.39, 0.29) is 4.88 Å². The number of hydrogen-bond donors (Lipinski definition) is 2. The molecule has 3 rings (SSSR count). The number of carbonyl (C=O) groups is 3. The van der Waals surface area contributed by atoms with Gasteiger partial charge in [-0.05, 0) is 30.3 Å². The first-order valence-corrected chi connectivity index (χ1v) is 9.63. The zero-order valence-electron chi connectivity index (χ0n) is 13.6. The van der Waals surface area contributed by atoms with Crippen molar-refractivity contribution in [2.75, 3.05) is 6.61 Å². The van der Waals surface area contributed by atoms with Crippen LogP contribution in [-0.2, 0) is 9.53 Å². The molecule has 0 spiro atoms. The van der Waals surface area contributed by atoms with Gasteiger partial charge in [0.2, 0.25) is 0 Å². The van der Waals surface area contributed by atoms with Crippen LogP contribution in [0.15, 0.2) is 53.0 Å². The fourth-order valence-corrected chi connectivity index (χ4v) is 3.84. The minimum atomic E-state index is -0.699. The minimum Gasteiger partial charge on any atom is -0.451 e. The van der Waals surface area contributed by atoms with E-state index in [0.29, 0.717) is 10.6 Å². The van der Waals surface area contributed by atoms with Gasteiger partial charge >= 0.3 is 5.97 Å². The molecule has 3 aromatic rings. The van der Waals surface area contributed by atoms with Gasteiger partial charge in [-0.1, -0.05) is 45.7 Å². The van der Waals surface area contributed by atoms with E-state index < -0.39 is 24.4 Å². The number of benzene rings is 2. The fraction of sp³-hybridized carbons (Fsp3) is 0.0556. The van der Waals surface area contributed by atoms with Gasteiger partial charge in [0.25, 0.3) is 11.8 Å². The average molecular weight is 468 g/mol. The molecule has 0 radical (unpaired) electrons. The zero-order valence-corrected chi connectivity index (χ0v) is 16.8. The van der Waals surface area contributed by atoms with Crippen LogP contribution in [0.4, 0.5) is 0 Å². The number of carbonyl (C=O) groups excluding carboxylic acids is 3. The molecule has 2 N–H and O–H groups in total. The molecule has 0 atom stereocenters. The Labute approximate surface area is 171 Å². The van der Waals surface area contributed by atoms with Gasteiger partial charge in [0.15, 0.2) is 6.61 Å². The second-order valence-corrected chi connectivity index (χ2v) is 7.67. The third-order valence-corrected chi connectivity index (χ3v) is 5.66. The highest BCUT2D eigenvalue weighted by atomic mass is 79.9. The number of thiophene rings is 1. The van der Waals surface area contributed by atoms with Gasteiger partial charge < -0.3 is 4.74 Å². The average Bonchev–Trinajstić information content (AvgIpc) is 3.02. The molecule has 0 saturated heterocycles. The lowest BCUT2D eigenvalue weighted by Crippen LogP contribution is -2.43. The van der Waals surface area contributed by atoms with Crippen LogP contribution in [0.25, 0.3) is 10.1 Å². The molecule has 0 unspecified atom stereocenters. The van der Waals surface area contributed by atoms with Gasteiger partial charge in [-0.15, -0.1) is 11.3 Å². The van der Waals surface area contributed by atoms with E-state index in [0.717, 1.165) is 14.6 Å². The predicted octanol–water partition coefficient (Wildman–Crippen LogP) is 3.94. The normalized spacial score (nSPS) is 10.4. The summed E-state index contributed by atoms with van der Waals surface area (Å²) in [7, 11) is 0. The van der Waals surface area contributed by atoms with Crippen LogP contribution in [0.3, 0.4) is 0 Å². The van der Waals surface area contributed by atoms with Crippen molar-refractivity contribution in [1.29, 1.82) is 0 Å². The van der Waals surface area contributed by atoms with Crippen molar-refractivity contribution in [3.8, 4) is 0 Å². The van der Waals surface area contributed by atoms with E-state index in [9.17, 15) is 14.4 Å². The Morgan fingerprint density at radius 1 is 1.04 bits per heavy atom. The van der Waals surface area contributed by atoms with Crippen molar-refractivity contribution in [3.05, 3.63) is 68.5 Å². The number of rotatable bonds is 4. The number of esters is 1. The molecule has 0 bridgehead atoms. The number of fused-ring (bicyclic) bond motifs is 1. The summed E-state index contributed by atoms with van der Waals surface area (Å²) in [6.07, 6.45) is 0. The number of ether oxygens (including phenoxy) is 1. The first-order chi connectivity index (χ1) is 13.0. The van der Waals surface area contributed by atoms with Crippen molar-refractivity contribution < 1.29 is 19.1 Å². The molecule has 0 aliphatic carbocycles. The van der Waals surface area contributed by atoms with Gasteiger partial charge in [0.1, 0.15) is 4.88 Å². The molecule has 2 aromatic carbocycles. The summed E-state index contributed by atoms with van der Waals surface area (Å²) in [5.74, 6) is -1.86. The molecule has 6 nitrogen and oxygen atoms in total. The zero-order chi connectivity index (χ0) is 19.4. The molecule has 0 fully saturated rings. The minimum absolute atomic E-state index is 0.226. The maximum absolute atomic E-state index is 12.2. The van der Waals surface area contributed by atoms with Crippen LogP contribution in [0.1, 0.15) is 20.0 Å². The first-order valence-electron chi connectivity index (χ1n) is 7.64. The Balaban J connectivity index is 1.52. The summed E-state index contributed by atoms with van der Waals surface area (Å²) in [5.41, 5.74) is 4.80. The van der Waals surface area contributed by atoms with Crippen LogP contribution in [0.2, 0.25) is 5.02 Å². The molecule has 0 aliphatic heterocycles. The van der Waals surface area contributed by atoms with E-state index in [4.69, 9.17) is 16.3 Å². The topological polar surface area (TPSA) is 84.5 Å². The highest BCUT2D eigenvalue weighted by Gasteiger charge is 2.19.